The number of hydrogen-bond donors (Lipinski definition) is 2. The standard InChI is InChI=1S/C24H17ClN2O4/c1-14-6-9-18(12-19(14)23(29)30-2)31-24-26-21-11-16(20(25)13-22(21)27-24)8-7-15-4-3-5-17(28)10-15/h3-6,9-13,28H,1-2H3,(H,26,27). The van der Waals surface area contributed by atoms with Gasteiger partial charge >= 0.3 is 5.97 Å². The van der Waals surface area contributed by atoms with Gasteiger partial charge in [-0.2, -0.15) is 4.98 Å². The lowest BCUT2D eigenvalue weighted by Gasteiger charge is -2.07. The monoisotopic (exact) mass is 432 g/mol. The van der Waals surface area contributed by atoms with Crippen molar-refractivity contribution in [2.24, 2.45) is 0 Å². The van der Waals surface area contributed by atoms with Crippen LogP contribution in [0, 0.1) is 18.8 Å². The van der Waals surface area contributed by atoms with E-state index in [1.807, 2.05) is 6.92 Å². The minimum Gasteiger partial charge on any atom is -0.508 e. The van der Waals surface area contributed by atoms with Gasteiger partial charge in [-0.15, -0.1) is 0 Å². The fraction of sp³-hybridized carbons (Fsp3) is 0.0833. The summed E-state index contributed by atoms with van der Waals surface area (Å²) in [5.74, 6) is 6.13. The molecule has 0 unspecified atom stereocenters. The van der Waals surface area contributed by atoms with Crippen LogP contribution in [-0.2, 0) is 4.74 Å². The highest BCUT2D eigenvalue weighted by Gasteiger charge is 2.13. The molecule has 0 radical (unpaired) electrons. The second-order valence-electron chi connectivity index (χ2n) is 6.76. The smallest absolute Gasteiger partial charge is 0.338 e. The van der Waals surface area contributed by atoms with E-state index in [1.165, 1.54) is 7.11 Å². The number of aromatic hydroxyl groups is 1. The van der Waals surface area contributed by atoms with Crippen molar-refractivity contribution in [3.63, 3.8) is 0 Å². The molecule has 0 atom stereocenters. The average molecular weight is 433 g/mol. The maximum Gasteiger partial charge on any atom is 0.338 e. The highest BCUT2D eigenvalue weighted by molar-refractivity contribution is 6.32. The molecule has 1 aromatic heterocycles. The molecule has 0 bridgehead atoms. The molecule has 31 heavy (non-hydrogen) atoms. The Morgan fingerprint density at radius 1 is 1.13 bits per heavy atom. The molecule has 4 aromatic rings. The van der Waals surface area contributed by atoms with Crippen LogP contribution in [0.4, 0.5) is 0 Å². The van der Waals surface area contributed by atoms with Crippen LogP contribution in [0.2, 0.25) is 5.02 Å². The van der Waals surface area contributed by atoms with Crippen molar-refractivity contribution >= 4 is 28.6 Å². The number of hydrogen-bond acceptors (Lipinski definition) is 5. The van der Waals surface area contributed by atoms with Gasteiger partial charge < -0.3 is 19.6 Å². The molecule has 0 saturated carbocycles. The van der Waals surface area contributed by atoms with Crippen molar-refractivity contribution in [3.05, 3.63) is 81.9 Å². The Balaban J connectivity index is 1.63. The second kappa shape index (κ2) is 8.42. The summed E-state index contributed by atoms with van der Waals surface area (Å²) < 4.78 is 10.6. The molecular weight excluding hydrogens is 416 g/mol. The van der Waals surface area contributed by atoms with Crippen LogP contribution >= 0.6 is 11.6 Å². The van der Waals surface area contributed by atoms with E-state index in [1.54, 1.807) is 54.6 Å². The predicted octanol–water partition coefficient (Wildman–Crippen LogP) is 5.21. The quantitative estimate of drug-likeness (QED) is 0.343. The Hall–Kier alpha value is -3.95. The number of fused-ring (bicyclic) bond motifs is 1. The molecule has 0 aliphatic carbocycles. The van der Waals surface area contributed by atoms with Crippen LogP contribution in [0.25, 0.3) is 11.0 Å². The number of phenols is 1. The van der Waals surface area contributed by atoms with Gasteiger partial charge in [-0.3, -0.25) is 0 Å². The number of ether oxygens (including phenoxy) is 2. The fourth-order valence-electron chi connectivity index (χ4n) is 2.98. The minimum atomic E-state index is -0.436. The zero-order valence-corrected chi connectivity index (χ0v) is 17.4. The van der Waals surface area contributed by atoms with Crippen molar-refractivity contribution in [1.82, 2.24) is 9.97 Å². The van der Waals surface area contributed by atoms with Crippen LogP contribution in [0.5, 0.6) is 17.5 Å². The second-order valence-corrected chi connectivity index (χ2v) is 7.17. The first-order valence-corrected chi connectivity index (χ1v) is 9.68. The molecule has 7 heteroatoms. The lowest BCUT2D eigenvalue weighted by Crippen LogP contribution is -2.04. The summed E-state index contributed by atoms with van der Waals surface area (Å²) in [6.45, 7) is 1.82. The number of carbonyl (C=O) groups excluding carboxylic acids is 1. The van der Waals surface area contributed by atoms with E-state index < -0.39 is 5.97 Å². The fourth-order valence-corrected chi connectivity index (χ4v) is 3.19. The normalized spacial score (nSPS) is 10.4. The SMILES string of the molecule is COC(=O)c1cc(Oc2nc3cc(C#Cc4cccc(O)c4)c(Cl)cc3[nH]2)ccc1C. The van der Waals surface area contributed by atoms with E-state index >= 15 is 0 Å². The van der Waals surface area contributed by atoms with Crippen molar-refractivity contribution in [3.8, 4) is 29.4 Å². The summed E-state index contributed by atoms with van der Waals surface area (Å²) in [4.78, 5) is 19.4. The molecule has 154 valence electrons. The van der Waals surface area contributed by atoms with E-state index in [4.69, 9.17) is 21.1 Å². The van der Waals surface area contributed by atoms with E-state index in [9.17, 15) is 9.90 Å². The zero-order valence-electron chi connectivity index (χ0n) is 16.7. The van der Waals surface area contributed by atoms with Gasteiger partial charge in [0.05, 0.1) is 28.7 Å². The number of halogens is 1. The average Bonchev–Trinajstić information content (AvgIpc) is 3.13. The number of rotatable bonds is 3. The third kappa shape index (κ3) is 4.47. The van der Waals surface area contributed by atoms with Crippen LogP contribution in [0.1, 0.15) is 27.0 Å². The highest BCUT2D eigenvalue weighted by Crippen LogP contribution is 2.27. The van der Waals surface area contributed by atoms with Gasteiger partial charge in [0.25, 0.3) is 6.01 Å². The van der Waals surface area contributed by atoms with Gasteiger partial charge in [0, 0.05) is 11.1 Å². The first-order valence-electron chi connectivity index (χ1n) is 9.30. The zero-order chi connectivity index (χ0) is 22.0. The van der Waals surface area contributed by atoms with Crippen molar-refractivity contribution in [1.29, 1.82) is 0 Å². The maximum atomic E-state index is 11.9. The number of aromatic amines is 1. The molecule has 6 nitrogen and oxygen atoms in total. The van der Waals surface area contributed by atoms with Crippen molar-refractivity contribution in [2.75, 3.05) is 7.11 Å². The molecule has 0 spiro atoms. The van der Waals surface area contributed by atoms with Gasteiger partial charge in [-0.25, -0.2) is 4.79 Å². The van der Waals surface area contributed by atoms with Gasteiger partial charge in [0.1, 0.15) is 11.5 Å². The molecular formula is C24H17ClN2O4. The Morgan fingerprint density at radius 2 is 1.97 bits per heavy atom. The van der Waals surface area contributed by atoms with Gasteiger partial charge in [0.15, 0.2) is 0 Å². The Labute approximate surface area is 183 Å². The number of imidazole rings is 1. The number of nitrogens with zero attached hydrogens (tertiary/aromatic N) is 1. The minimum absolute atomic E-state index is 0.147. The van der Waals surface area contributed by atoms with Crippen LogP contribution < -0.4 is 4.74 Å². The van der Waals surface area contributed by atoms with E-state index in [2.05, 4.69) is 21.8 Å². The molecule has 0 amide bonds. The van der Waals surface area contributed by atoms with Gasteiger partial charge in [-0.05, 0) is 55.0 Å². The van der Waals surface area contributed by atoms with Crippen LogP contribution in [0.15, 0.2) is 54.6 Å². The third-order valence-corrected chi connectivity index (χ3v) is 4.88. The number of benzene rings is 3. The molecule has 0 fully saturated rings. The number of carbonyl (C=O) groups is 1. The molecule has 0 saturated heterocycles. The molecule has 0 aliphatic heterocycles. The van der Waals surface area contributed by atoms with Crippen LogP contribution in [-0.4, -0.2) is 28.2 Å². The van der Waals surface area contributed by atoms with E-state index in [-0.39, 0.29) is 11.8 Å². The molecule has 2 N–H and O–H groups in total. The number of H-pyrrole nitrogens is 1. The Kier molecular flexibility index (Phi) is 5.52. The maximum absolute atomic E-state index is 11.9. The van der Waals surface area contributed by atoms with Crippen molar-refractivity contribution in [2.45, 2.75) is 6.92 Å². The number of nitrogens with one attached hydrogen (secondary N) is 1. The van der Waals surface area contributed by atoms with Crippen LogP contribution in [0.3, 0.4) is 0 Å². The van der Waals surface area contributed by atoms with Crippen molar-refractivity contribution < 1.29 is 19.4 Å². The predicted molar refractivity (Wildman–Crippen MR) is 118 cm³/mol. The summed E-state index contributed by atoms with van der Waals surface area (Å²) in [7, 11) is 1.33. The Morgan fingerprint density at radius 3 is 2.74 bits per heavy atom. The number of phenolic OH excluding ortho intramolecular Hbond substituents is 1. The first kappa shape index (κ1) is 20.3. The summed E-state index contributed by atoms with van der Waals surface area (Å²) in [5, 5.41) is 10.0. The first-order chi connectivity index (χ1) is 14.9. The largest absolute Gasteiger partial charge is 0.508 e. The summed E-state index contributed by atoms with van der Waals surface area (Å²) >= 11 is 6.37. The lowest BCUT2D eigenvalue weighted by molar-refractivity contribution is 0.0599. The number of methoxy groups -OCH3 is 1. The van der Waals surface area contributed by atoms with E-state index in [0.717, 1.165) is 5.56 Å². The molecule has 1 heterocycles. The Bertz CT molecular complexity index is 1370. The lowest BCUT2D eigenvalue weighted by atomic mass is 10.1. The highest BCUT2D eigenvalue weighted by atomic mass is 35.5. The molecule has 4 rings (SSSR count). The summed E-state index contributed by atoms with van der Waals surface area (Å²) in [5.41, 5.74) is 3.78. The summed E-state index contributed by atoms with van der Waals surface area (Å²) in [6, 6.07) is 15.5. The molecule has 3 aromatic carbocycles. The third-order valence-electron chi connectivity index (χ3n) is 4.57. The number of aromatic nitrogens is 2. The number of esters is 1. The topological polar surface area (TPSA) is 84.4 Å². The van der Waals surface area contributed by atoms with E-state index in [0.29, 0.717) is 38.5 Å². The summed E-state index contributed by atoms with van der Waals surface area (Å²) in [6.07, 6.45) is 0. The number of aryl methyl sites for hydroxylation is 1. The van der Waals surface area contributed by atoms with Gasteiger partial charge in [0.2, 0.25) is 0 Å². The van der Waals surface area contributed by atoms with Gasteiger partial charge in [-0.1, -0.05) is 35.6 Å². The molecule has 0 aliphatic rings.